The number of amides is 2. The Morgan fingerprint density at radius 3 is 2.39 bits per heavy atom. The third-order valence-electron chi connectivity index (χ3n) is 4.65. The van der Waals surface area contributed by atoms with E-state index in [-0.39, 0.29) is 24.4 Å². The van der Waals surface area contributed by atoms with Gasteiger partial charge in [-0.25, -0.2) is 0 Å². The van der Waals surface area contributed by atoms with Crippen LogP contribution in [0, 0.1) is 0 Å². The highest BCUT2D eigenvalue weighted by molar-refractivity contribution is 5.95. The Morgan fingerprint density at radius 2 is 1.68 bits per heavy atom. The summed E-state index contributed by atoms with van der Waals surface area (Å²) in [5.41, 5.74) is 2.07. The second-order valence-electron chi connectivity index (χ2n) is 7.90. The van der Waals surface area contributed by atoms with Crippen LogP contribution in [0.1, 0.15) is 63.2 Å². The summed E-state index contributed by atoms with van der Waals surface area (Å²) in [7, 11) is 0. The number of benzene rings is 2. The van der Waals surface area contributed by atoms with Crippen LogP contribution in [-0.2, 0) is 4.79 Å². The van der Waals surface area contributed by atoms with E-state index in [9.17, 15) is 9.59 Å². The molecule has 6 nitrogen and oxygen atoms in total. The number of hydrogen-bond acceptors (Lipinski definition) is 4. The van der Waals surface area contributed by atoms with Gasteiger partial charge in [0.1, 0.15) is 5.75 Å². The molecule has 0 saturated carbocycles. The average Bonchev–Trinajstić information content (AvgIpc) is 2.75. The van der Waals surface area contributed by atoms with E-state index >= 15 is 0 Å². The zero-order chi connectivity index (χ0) is 22.5. The van der Waals surface area contributed by atoms with Crippen LogP contribution >= 0.6 is 0 Å². The fraction of sp³-hybridized carbons (Fsp3) is 0.440. The Kier molecular flexibility index (Phi) is 10.4. The lowest BCUT2D eigenvalue weighted by Crippen LogP contribution is -2.30. The third kappa shape index (κ3) is 9.55. The van der Waals surface area contributed by atoms with Gasteiger partial charge in [0.25, 0.3) is 5.91 Å². The fourth-order valence-electron chi connectivity index (χ4n) is 3.03. The average molecular weight is 426 g/mol. The van der Waals surface area contributed by atoms with E-state index in [4.69, 9.17) is 4.74 Å². The molecule has 31 heavy (non-hydrogen) atoms. The number of unbranched alkanes of at least 4 members (excludes halogenated alkanes) is 4. The maximum atomic E-state index is 12.3. The Morgan fingerprint density at radius 1 is 0.935 bits per heavy atom. The van der Waals surface area contributed by atoms with Crippen LogP contribution in [0.15, 0.2) is 48.5 Å². The lowest BCUT2D eigenvalue weighted by Gasteiger charge is -2.11. The van der Waals surface area contributed by atoms with Gasteiger partial charge < -0.3 is 20.7 Å². The highest BCUT2D eigenvalue weighted by atomic mass is 16.5. The number of nitrogens with one attached hydrogen (secondary N) is 3. The molecule has 0 atom stereocenters. The number of ether oxygens (including phenoxy) is 1. The van der Waals surface area contributed by atoms with Gasteiger partial charge in [0, 0.05) is 29.0 Å². The molecule has 2 aromatic rings. The van der Waals surface area contributed by atoms with Crippen LogP contribution in [0.25, 0.3) is 0 Å². The minimum absolute atomic E-state index is 0.0868. The molecule has 0 heterocycles. The van der Waals surface area contributed by atoms with Gasteiger partial charge in [0.15, 0.2) is 0 Å². The minimum Gasteiger partial charge on any atom is -0.494 e. The van der Waals surface area contributed by atoms with E-state index in [1.807, 2.05) is 38.1 Å². The molecule has 0 saturated heterocycles. The number of carbonyl (C=O) groups excluding carboxylic acids is 2. The largest absolute Gasteiger partial charge is 0.494 e. The summed E-state index contributed by atoms with van der Waals surface area (Å²) in [5.74, 6) is 0.497. The Hall–Kier alpha value is -3.02. The number of anilines is 2. The molecule has 2 rings (SSSR count). The maximum absolute atomic E-state index is 12.3. The quantitative estimate of drug-likeness (QED) is 0.384. The van der Waals surface area contributed by atoms with Crippen molar-refractivity contribution >= 4 is 23.2 Å². The molecular formula is C25H35N3O3. The summed E-state index contributed by atoms with van der Waals surface area (Å²) < 4.78 is 5.79. The number of rotatable bonds is 13. The van der Waals surface area contributed by atoms with E-state index < -0.39 is 0 Å². The Labute approximate surface area is 185 Å². The molecule has 0 radical (unpaired) electrons. The molecule has 0 spiro atoms. The van der Waals surface area contributed by atoms with Crippen molar-refractivity contribution in [1.29, 1.82) is 0 Å². The van der Waals surface area contributed by atoms with Gasteiger partial charge in [-0.1, -0.05) is 38.7 Å². The van der Waals surface area contributed by atoms with Gasteiger partial charge in [0.2, 0.25) is 5.91 Å². The Bertz CT molecular complexity index is 819. The smallest absolute Gasteiger partial charge is 0.251 e. The lowest BCUT2D eigenvalue weighted by atomic mass is 10.2. The van der Waals surface area contributed by atoms with Gasteiger partial charge in [0.05, 0.1) is 13.2 Å². The van der Waals surface area contributed by atoms with Crippen LogP contribution in [0.2, 0.25) is 0 Å². The highest BCUT2D eigenvalue weighted by Gasteiger charge is 2.07. The summed E-state index contributed by atoms with van der Waals surface area (Å²) in [6.07, 6.45) is 5.97. The summed E-state index contributed by atoms with van der Waals surface area (Å²) in [6.45, 7) is 6.86. The first-order valence-corrected chi connectivity index (χ1v) is 11.2. The second-order valence-corrected chi connectivity index (χ2v) is 7.90. The molecule has 0 unspecified atom stereocenters. The lowest BCUT2D eigenvalue weighted by molar-refractivity contribution is -0.114. The first-order chi connectivity index (χ1) is 15.0. The first kappa shape index (κ1) is 24.3. The van der Waals surface area contributed by atoms with E-state index in [2.05, 4.69) is 22.9 Å². The molecule has 0 fully saturated rings. The van der Waals surface area contributed by atoms with E-state index in [1.165, 1.54) is 25.7 Å². The van der Waals surface area contributed by atoms with Crippen LogP contribution in [0.4, 0.5) is 11.4 Å². The topological polar surface area (TPSA) is 79.5 Å². The van der Waals surface area contributed by atoms with Crippen molar-refractivity contribution in [3.8, 4) is 5.75 Å². The van der Waals surface area contributed by atoms with Crippen molar-refractivity contribution in [3.05, 3.63) is 54.1 Å². The van der Waals surface area contributed by atoms with Crippen LogP contribution in [0.5, 0.6) is 5.75 Å². The van der Waals surface area contributed by atoms with Gasteiger partial charge in [-0.15, -0.1) is 0 Å². The number of hydrogen-bond donors (Lipinski definition) is 3. The Balaban J connectivity index is 1.75. The van der Waals surface area contributed by atoms with Crippen LogP contribution in [0.3, 0.4) is 0 Å². The first-order valence-electron chi connectivity index (χ1n) is 11.2. The van der Waals surface area contributed by atoms with Crippen molar-refractivity contribution < 1.29 is 14.3 Å². The SMILES string of the molecule is CCCCCCCOc1cccc(NC(=O)CNc2ccc(C(=O)NC(C)C)cc2)c1. The third-order valence-corrected chi connectivity index (χ3v) is 4.65. The molecule has 0 aliphatic rings. The summed E-state index contributed by atoms with van der Waals surface area (Å²) in [6, 6.07) is 14.6. The molecule has 0 aliphatic carbocycles. The van der Waals surface area contributed by atoms with E-state index in [0.29, 0.717) is 17.9 Å². The summed E-state index contributed by atoms with van der Waals surface area (Å²) in [5, 5.41) is 8.80. The van der Waals surface area contributed by atoms with Crippen molar-refractivity contribution in [2.45, 2.75) is 58.9 Å². The molecule has 168 valence electrons. The van der Waals surface area contributed by atoms with E-state index in [1.54, 1.807) is 24.3 Å². The van der Waals surface area contributed by atoms with Gasteiger partial charge in [-0.3, -0.25) is 9.59 Å². The molecule has 0 bridgehead atoms. The van der Waals surface area contributed by atoms with Gasteiger partial charge in [-0.2, -0.15) is 0 Å². The van der Waals surface area contributed by atoms with Crippen molar-refractivity contribution in [2.75, 3.05) is 23.8 Å². The van der Waals surface area contributed by atoms with Crippen LogP contribution < -0.4 is 20.7 Å². The molecule has 2 amide bonds. The minimum atomic E-state index is -0.154. The molecular weight excluding hydrogens is 390 g/mol. The predicted molar refractivity (Wildman–Crippen MR) is 127 cm³/mol. The second kappa shape index (κ2) is 13.3. The molecule has 3 N–H and O–H groups in total. The monoisotopic (exact) mass is 425 g/mol. The van der Waals surface area contributed by atoms with Gasteiger partial charge in [-0.05, 0) is 56.7 Å². The molecule has 2 aromatic carbocycles. The highest BCUT2D eigenvalue weighted by Crippen LogP contribution is 2.18. The molecule has 6 heteroatoms. The molecule has 0 aliphatic heterocycles. The van der Waals surface area contributed by atoms with Crippen molar-refractivity contribution in [3.63, 3.8) is 0 Å². The predicted octanol–water partition coefficient (Wildman–Crippen LogP) is 5.22. The summed E-state index contributed by atoms with van der Waals surface area (Å²) >= 11 is 0. The van der Waals surface area contributed by atoms with E-state index in [0.717, 1.165) is 17.9 Å². The fourth-order valence-corrected chi connectivity index (χ4v) is 3.03. The van der Waals surface area contributed by atoms with Gasteiger partial charge >= 0.3 is 0 Å². The van der Waals surface area contributed by atoms with Crippen molar-refractivity contribution in [1.82, 2.24) is 5.32 Å². The maximum Gasteiger partial charge on any atom is 0.251 e. The standard InChI is InChI=1S/C25H35N3O3/c1-4-5-6-7-8-16-31-23-11-9-10-22(17-23)28-24(29)18-26-21-14-12-20(13-15-21)25(30)27-19(2)3/h9-15,17,19,26H,4-8,16,18H2,1-3H3,(H,27,30)(H,28,29). The molecule has 0 aromatic heterocycles. The zero-order valence-corrected chi connectivity index (χ0v) is 18.9. The van der Waals surface area contributed by atoms with Crippen molar-refractivity contribution in [2.24, 2.45) is 0 Å². The summed E-state index contributed by atoms with van der Waals surface area (Å²) in [4.78, 5) is 24.3. The normalized spacial score (nSPS) is 10.6. The number of carbonyl (C=O) groups is 2. The van der Waals surface area contributed by atoms with Crippen LogP contribution in [-0.4, -0.2) is 31.0 Å². The zero-order valence-electron chi connectivity index (χ0n) is 18.9.